The van der Waals surface area contributed by atoms with E-state index in [0.29, 0.717) is 28.2 Å². The van der Waals surface area contributed by atoms with Crippen molar-refractivity contribution in [2.75, 3.05) is 45.7 Å². The van der Waals surface area contributed by atoms with Gasteiger partial charge in [0.2, 0.25) is 0 Å². The van der Waals surface area contributed by atoms with E-state index in [4.69, 9.17) is 11.6 Å². The summed E-state index contributed by atoms with van der Waals surface area (Å²) in [7, 11) is 5.95. The van der Waals surface area contributed by atoms with Crippen molar-refractivity contribution in [2.24, 2.45) is 0 Å². The number of carbonyl (C=O) groups excluding carboxylic acids is 1. The molecule has 1 aromatic carbocycles. The third kappa shape index (κ3) is 7.30. The van der Waals surface area contributed by atoms with E-state index in [1.165, 1.54) is 11.8 Å². The molecule has 28 heavy (non-hydrogen) atoms. The maximum absolute atomic E-state index is 12.3. The summed E-state index contributed by atoms with van der Waals surface area (Å²) in [6, 6.07) is 9.41. The molecule has 0 aliphatic carbocycles. The fourth-order valence-corrected chi connectivity index (χ4v) is 3.56. The van der Waals surface area contributed by atoms with E-state index in [1.807, 2.05) is 50.3 Å². The minimum Gasteiger partial charge on any atom is -0.360 e. The van der Waals surface area contributed by atoms with Crippen LogP contribution in [0.25, 0.3) is 0 Å². The van der Waals surface area contributed by atoms with Crippen molar-refractivity contribution in [3.63, 3.8) is 0 Å². The van der Waals surface area contributed by atoms with Crippen molar-refractivity contribution in [1.29, 1.82) is 0 Å². The second kappa shape index (κ2) is 11.2. The van der Waals surface area contributed by atoms with Gasteiger partial charge in [0.25, 0.3) is 5.91 Å². The molecule has 0 saturated carbocycles. The Kier molecular flexibility index (Phi) is 9.02. The van der Waals surface area contributed by atoms with Crippen LogP contribution in [0.4, 0.5) is 5.82 Å². The van der Waals surface area contributed by atoms with Gasteiger partial charge in [0.1, 0.15) is 11.0 Å². The van der Waals surface area contributed by atoms with E-state index in [2.05, 4.69) is 27.1 Å². The highest BCUT2D eigenvalue weighted by molar-refractivity contribution is 7.98. The molecule has 6 nitrogen and oxygen atoms in total. The minimum absolute atomic E-state index is 0.0591. The van der Waals surface area contributed by atoms with Crippen LogP contribution in [-0.4, -0.2) is 61.6 Å². The van der Waals surface area contributed by atoms with Crippen molar-refractivity contribution in [3.05, 3.63) is 46.6 Å². The topological polar surface area (TPSA) is 61.4 Å². The normalized spacial score (nSPS) is 10.9. The summed E-state index contributed by atoms with van der Waals surface area (Å²) in [6.07, 6.45) is 1.03. The number of amides is 1. The fourth-order valence-electron chi connectivity index (χ4n) is 2.54. The monoisotopic (exact) mass is 421 g/mol. The number of aromatic nitrogens is 2. The van der Waals surface area contributed by atoms with Crippen molar-refractivity contribution in [2.45, 2.75) is 24.3 Å². The van der Waals surface area contributed by atoms with Crippen molar-refractivity contribution in [1.82, 2.24) is 20.2 Å². The Labute approximate surface area is 176 Å². The molecular formula is C20H28ClN5OS. The zero-order valence-electron chi connectivity index (χ0n) is 16.9. The van der Waals surface area contributed by atoms with E-state index in [-0.39, 0.29) is 5.91 Å². The molecule has 1 N–H and O–H groups in total. The van der Waals surface area contributed by atoms with Gasteiger partial charge in [0.15, 0.2) is 5.16 Å². The van der Waals surface area contributed by atoms with Gasteiger partial charge in [0.05, 0.1) is 0 Å². The van der Waals surface area contributed by atoms with Crippen LogP contribution in [-0.2, 0) is 5.75 Å². The standard InChI is InChI=1S/C20H28ClN5OS/c1-5-10-26(4)18-13-17(21)23-20(24-18)28-14-15-7-6-8-16(12-15)19(27)22-9-11-25(2)3/h6-8,12-13H,5,9-11,14H2,1-4H3,(H,22,27). The van der Waals surface area contributed by atoms with Crippen LogP contribution in [0.5, 0.6) is 0 Å². The molecule has 0 fully saturated rings. The number of anilines is 1. The minimum atomic E-state index is -0.0591. The highest BCUT2D eigenvalue weighted by Crippen LogP contribution is 2.24. The highest BCUT2D eigenvalue weighted by Gasteiger charge is 2.10. The Balaban J connectivity index is 2.00. The average Bonchev–Trinajstić information content (AvgIpc) is 2.66. The number of benzene rings is 1. The maximum Gasteiger partial charge on any atom is 0.251 e. The molecule has 2 aromatic rings. The molecular weight excluding hydrogens is 394 g/mol. The molecule has 1 heterocycles. The number of nitrogens with one attached hydrogen (secondary N) is 1. The highest BCUT2D eigenvalue weighted by atomic mass is 35.5. The van der Waals surface area contributed by atoms with E-state index in [0.717, 1.165) is 30.9 Å². The summed E-state index contributed by atoms with van der Waals surface area (Å²) in [5.74, 6) is 1.42. The fraction of sp³-hybridized carbons (Fsp3) is 0.450. The van der Waals surface area contributed by atoms with E-state index >= 15 is 0 Å². The molecule has 0 atom stereocenters. The smallest absolute Gasteiger partial charge is 0.251 e. The number of nitrogens with zero attached hydrogens (tertiary/aromatic N) is 4. The van der Waals surface area contributed by atoms with E-state index in [9.17, 15) is 4.79 Å². The number of hydrogen-bond acceptors (Lipinski definition) is 6. The number of likely N-dealkylation sites (N-methyl/N-ethyl adjacent to an activating group) is 1. The third-order valence-corrected chi connectivity index (χ3v) is 5.12. The molecule has 8 heteroatoms. The largest absolute Gasteiger partial charge is 0.360 e. The van der Waals surface area contributed by atoms with Crippen LogP contribution in [0.15, 0.2) is 35.5 Å². The van der Waals surface area contributed by atoms with Gasteiger partial charge in [-0.15, -0.1) is 0 Å². The summed E-state index contributed by atoms with van der Waals surface area (Å²) in [5.41, 5.74) is 1.70. The van der Waals surface area contributed by atoms with Crippen LogP contribution in [0.1, 0.15) is 29.3 Å². The lowest BCUT2D eigenvalue weighted by atomic mass is 10.1. The molecule has 152 valence electrons. The number of halogens is 1. The van der Waals surface area contributed by atoms with Crippen LogP contribution in [0, 0.1) is 0 Å². The predicted octanol–water partition coefficient (Wildman–Crippen LogP) is 3.56. The van der Waals surface area contributed by atoms with Crippen molar-refractivity contribution < 1.29 is 4.79 Å². The Bertz CT molecular complexity index is 787. The molecule has 1 amide bonds. The molecule has 0 aliphatic rings. The van der Waals surface area contributed by atoms with Gasteiger partial charge in [-0.25, -0.2) is 9.97 Å². The summed E-state index contributed by atoms with van der Waals surface area (Å²) < 4.78 is 0. The van der Waals surface area contributed by atoms with Crippen LogP contribution in [0.2, 0.25) is 5.15 Å². The number of thioether (sulfide) groups is 1. The summed E-state index contributed by atoms with van der Waals surface area (Å²) in [5, 5.41) is 4.00. The molecule has 0 saturated heterocycles. The van der Waals surface area contributed by atoms with Crippen LogP contribution in [0.3, 0.4) is 0 Å². The zero-order valence-corrected chi connectivity index (χ0v) is 18.5. The first-order valence-electron chi connectivity index (χ1n) is 9.29. The van der Waals surface area contributed by atoms with Gasteiger partial charge in [0, 0.05) is 44.1 Å². The van der Waals surface area contributed by atoms with Gasteiger partial charge in [-0.1, -0.05) is 42.4 Å². The lowest BCUT2D eigenvalue weighted by molar-refractivity contribution is 0.0951. The summed E-state index contributed by atoms with van der Waals surface area (Å²) in [4.78, 5) is 25.3. The van der Waals surface area contributed by atoms with Gasteiger partial charge in [-0.2, -0.15) is 0 Å². The van der Waals surface area contributed by atoms with Crippen molar-refractivity contribution >= 4 is 35.1 Å². The first kappa shape index (κ1) is 22.5. The average molecular weight is 422 g/mol. The summed E-state index contributed by atoms with van der Waals surface area (Å²) in [6.45, 7) is 4.46. The Morgan fingerprint density at radius 2 is 1.96 bits per heavy atom. The molecule has 0 unspecified atom stereocenters. The Morgan fingerprint density at radius 3 is 2.68 bits per heavy atom. The van der Waals surface area contributed by atoms with E-state index in [1.54, 1.807) is 6.07 Å². The van der Waals surface area contributed by atoms with Crippen molar-refractivity contribution in [3.8, 4) is 0 Å². The second-order valence-corrected chi connectivity index (χ2v) is 8.13. The van der Waals surface area contributed by atoms with Crippen LogP contribution >= 0.6 is 23.4 Å². The van der Waals surface area contributed by atoms with Gasteiger partial charge in [-0.3, -0.25) is 4.79 Å². The molecule has 2 rings (SSSR count). The van der Waals surface area contributed by atoms with Gasteiger partial charge >= 0.3 is 0 Å². The third-order valence-electron chi connectivity index (χ3n) is 4.01. The molecule has 0 bridgehead atoms. The van der Waals surface area contributed by atoms with Gasteiger partial charge < -0.3 is 15.1 Å². The molecule has 1 aromatic heterocycles. The maximum atomic E-state index is 12.3. The predicted molar refractivity (Wildman–Crippen MR) is 117 cm³/mol. The first-order valence-corrected chi connectivity index (χ1v) is 10.7. The zero-order chi connectivity index (χ0) is 20.5. The lowest BCUT2D eigenvalue weighted by Gasteiger charge is -2.17. The number of carbonyl (C=O) groups is 1. The first-order chi connectivity index (χ1) is 13.4. The quantitative estimate of drug-likeness (QED) is 0.359. The second-order valence-electron chi connectivity index (χ2n) is 6.80. The Morgan fingerprint density at radius 1 is 1.18 bits per heavy atom. The molecule has 0 spiro atoms. The molecule has 0 aliphatic heterocycles. The number of rotatable bonds is 10. The number of hydrogen-bond donors (Lipinski definition) is 1. The SMILES string of the molecule is CCCN(C)c1cc(Cl)nc(SCc2cccc(C(=O)NCCN(C)C)c2)n1. The lowest BCUT2D eigenvalue weighted by Crippen LogP contribution is -2.31. The summed E-state index contributed by atoms with van der Waals surface area (Å²) >= 11 is 7.67. The Hall–Kier alpha value is -1.83. The van der Waals surface area contributed by atoms with Gasteiger partial charge in [-0.05, 0) is 38.2 Å². The molecule has 0 radical (unpaired) electrons. The van der Waals surface area contributed by atoms with E-state index < -0.39 is 0 Å². The van der Waals surface area contributed by atoms with Crippen LogP contribution < -0.4 is 10.2 Å².